The Bertz CT molecular complexity index is 437. The minimum atomic E-state index is 0.650. The Hall–Kier alpha value is -1.26. The average Bonchev–Trinajstić information content (AvgIpc) is 2.50. The van der Waals surface area contributed by atoms with E-state index in [1.807, 2.05) is 12.1 Å². The lowest BCUT2D eigenvalue weighted by Gasteiger charge is -2.32. The minimum absolute atomic E-state index is 0.650. The second-order valence-electron chi connectivity index (χ2n) is 5.79. The van der Waals surface area contributed by atoms with Crippen molar-refractivity contribution in [2.75, 3.05) is 33.9 Å². The van der Waals surface area contributed by atoms with Crippen molar-refractivity contribution in [3.05, 3.63) is 23.8 Å². The zero-order chi connectivity index (χ0) is 15.1. The van der Waals surface area contributed by atoms with E-state index < -0.39 is 0 Å². The Labute approximate surface area is 128 Å². The summed E-state index contributed by atoms with van der Waals surface area (Å²) in [5.41, 5.74) is 6.81. The summed E-state index contributed by atoms with van der Waals surface area (Å²) >= 11 is 0. The molecule has 1 unspecified atom stereocenters. The number of likely N-dealkylation sites (tertiary alicyclic amines) is 1. The van der Waals surface area contributed by atoms with Crippen LogP contribution in [-0.2, 0) is 6.42 Å². The fourth-order valence-electron chi connectivity index (χ4n) is 2.97. The number of rotatable bonds is 7. The third kappa shape index (κ3) is 4.61. The van der Waals surface area contributed by atoms with E-state index in [4.69, 9.17) is 15.2 Å². The minimum Gasteiger partial charge on any atom is -0.493 e. The predicted molar refractivity (Wildman–Crippen MR) is 86.1 cm³/mol. The molecule has 1 saturated heterocycles. The number of hydrogen-bond donors (Lipinski definition) is 1. The number of piperidine rings is 1. The van der Waals surface area contributed by atoms with E-state index >= 15 is 0 Å². The second kappa shape index (κ2) is 8.25. The Balaban J connectivity index is 1.90. The van der Waals surface area contributed by atoms with Crippen molar-refractivity contribution >= 4 is 0 Å². The highest BCUT2D eigenvalue weighted by Crippen LogP contribution is 2.29. The molecule has 1 heterocycles. The Morgan fingerprint density at radius 1 is 1.29 bits per heavy atom. The van der Waals surface area contributed by atoms with Crippen LogP contribution in [0.5, 0.6) is 11.5 Å². The number of hydrogen-bond acceptors (Lipinski definition) is 4. The van der Waals surface area contributed by atoms with Crippen LogP contribution in [0.4, 0.5) is 0 Å². The monoisotopic (exact) mass is 292 g/mol. The van der Waals surface area contributed by atoms with Crippen LogP contribution in [0.15, 0.2) is 18.2 Å². The summed E-state index contributed by atoms with van der Waals surface area (Å²) in [5, 5.41) is 0. The van der Waals surface area contributed by atoms with Gasteiger partial charge in [-0.3, -0.25) is 0 Å². The molecule has 2 N–H and O–H groups in total. The largest absolute Gasteiger partial charge is 0.493 e. The average molecular weight is 292 g/mol. The fourth-order valence-corrected chi connectivity index (χ4v) is 2.97. The lowest BCUT2D eigenvalue weighted by atomic mass is 10.0. The maximum atomic E-state index is 5.97. The van der Waals surface area contributed by atoms with Crippen molar-refractivity contribution in [3.63, 3.8) is 0 Å². The van der Waals surface area contributed by atoms with Crippen LogP contribution in [0.2, 0.25) is 0 Å². The van der Waals surface area contributed by atoms with Gasteiger partial charge in [-0.25, -0.2) is 0 Å². The summed E-state index contributed by atoms with van der Waals surface area (Å²) in [5.74, 6) is 1.63. The maximum absolute atomic E-state index is 5.97. The molecule has 1 aromatic carbocycles. The Kier molecular flexibility index (Phi) is 6.33. The van der Waals surface area contributed by atoms with Crippen molar-refractivity contribution in [3.8, 4) is 11.5 Å². The molecule has 1 atom stereocenters. The molecule has 118 valence electrons. The molecule has 0 bridgehead atoms. The molecule has 1 aromatic rings. The van der Waals surface area contributed by atoms with Crippen LogP contribution in [0.1, 0.15) is 31.2 Å². The SMILES string of the molecule is COc1ccc(CCN)cc1OCCC1CCCCN1C. The van der Waals surface area contributed by atoms with Gasteiger partial charge in [-0.15, -0.1) is 0 Å². The van der Waals surface area contributed by atoms with E-state index in [0.29, 0.717) is 12.6 Å². The summed E-state index contributed by atoms with van der Waals surface area (Å²) in [6.07, 6.45) is 5.88. The predicted octanol–water partition coefficient (Wildman–Crippen LogP) is 2.45. The molecule has 4 heteroatoms. The second-order valence-corrected chi connectivity index (χ2v) is 5.79. The van der Waals surface area contributed by atoms with Crippen LogP contribution in [0.3, 0.4) is 0 Å². The maximum Gasteiger partial charge on any atom is 0.161 e. The zero-order valence-electron chi connectivity index (χ0n) is 13.3. The molecule has 0 saturated carbocycles. The van der Waals surface area contributed by atoms with Crippen LogP contribution in [0.25, 0.3) is 0 Å². The summed E-state index contributed by atoms with van der Waals surface area (Å²) in [7, 11) is 3.89. The third-order valence-corrected chi connectivity index (χ3v) is 4.29. The summed E-state index contributed by atoms with van der Waals surface area (Å²) in [6, 6.07) is 6.72. The normalized spacial score (nSPS) is 19.5. The summed E-state index contributed by atoms with van der Waals surface area (Å²) in [4.78, 5) is 2.45. The molecule has 0 amide bonds. The first-order valence-electron chi connectivity index (χ1n) is 7.94. The van der Waals surface area contributed by atoms with Crippen molar-refractivity contribution in [1.82, 2.24) is 4.90 Å². The van der Waals surface area contributed by atoms with E-state index in [-0.39, 0.29) is 0 Å². The van der Waals surface area contributed by atoms with Crippen molar-refractivity contribution in [2.24, 2.45) is 5.73 Å². The van der Waals surface area contributed by atoms with E-state index in [1.54, 1.807) is 7.11 Å². The molecule has 0 radical (unpaired) electrons. The van der Waals surface area contributed by atoms with Crippen LogP contribution in [0, 0.1) is 0 Å². The highest BCUT2D eigenvalue weighted by atomic mass is 16.5. The number of methoxy groups -OCH3 is 1. The molecule has 21 heavy (non-hydrogen) atoms. The van der Waals surface area contributed by atoms with Gasteiger partial charge >= 0.3 is 0 Å². The fraction of sp³-hybridized carbons (Fsp3) is 0.647. The Morgan fingerprint density at radius 3 is 2.86 bits per heavy atom. The van der Waals surface area contributed by atoms with Gasteiger partial charge in [0, 0.05) is 6.04 Å². The van der Waals surface area contributed by atoms with Gasteiger partial charge in [0.1, 0.15) is 0 Å². The van der Waals surface area contributed by atoms with E-state index in [1.165, 1.54) is 31.4 Å². The van der Waals surface area contributed by atoms with Gasteiger partial charge in [0.05, 0.1) is 13.7 Å². The molecule has 0 aromatic heterocycles. The van der Waals surface area contributed by atoms with Crippen molar-refractivity contribution < 1.29 is 9.47 Å². The van der Waals surface area contributed by atoms with Crippen LogP contribution in [-0.4, -0.2) is 44.8 Å². The smallest absolute Gasteiger partial charge is 0.161 e. The first-order chi connectivity index (χ1) is 10.2. The van der Waals surface area contributed by atoms with E-state index in [9.17, 15) is 0 Å². The number of nitrogens with two attached hydrogens (primary N) is 1. The van der Waals surface area contributed by atoms with Gasteiger partial charge < -0.3 is 20.1 Å². The standard InChI is InChI=1S/C17H28N2O2/c1-19-11-4-3-5-15(19)9-12-21-17-13-14(8-10-18)6-7-16(17)20-2/h6-7,13,15H,3-5,8-12,18H2,1-2H3. The topological polar surface area (TPSA) is 47.7 Å². The molecule has 1 aliphatic heterocycles. The quantitative estimate of drug-likeness (QED) is 0.838. The van der Waals surface area contributed by atoms with E-state index in [2.05, 4.69) is 18.0 Å². The molecule has 0 spiro atoms. The van der Waals surface area contributed by atoms with Gasteiger partial charge in [0.15, 0.2) is 11.5 Å². The molecule has 4 nitrogen and oxygen atoms in total. The number of nitrogens with zero attached hydrogens (tertiary/aromatic N) is 1. The van der Waals surface area contributed by atoms with Crippen molar-refractivity contribution in [1.29, 1.82) is 0 Å². The molecule has 0 aliphatic carbocycles. The van der Waals surface area contributed by atoms with Gasteiger partial charge in [-0.05, 0) is 63.5 Å². The van der Waals surface area contributed by atoms with Crippen molar-refractivity contribution in [2.45, 2.75) is 38.1 Å². The Morgan fingerprint density at radius 2 is 2.14 bits per heavy atom. The van der Waals surface area contributed by atoms with Crippen LogP contribution >= 0.6 is 0 Å². The molecular weight excluding hydrogens is 264 g/mol. The highest BCUT2D eigenvalue weighted by molar-refractivity contribution is 5.43. The number of ether oxygens (including phenoxy) is 2. The van der Waals surface area contributed by atoms with E-state index in [0.717, 1.165) is 30.9 Å². The van der Waals surface area contributed by atoms with Gasteiger partial charge in [-0.2, -0.15) is 0 Å². The lowest BCUT2D eigenvalue weighted by molar-refractivity contribution is 0.152. The van der Waals surface area contributed by atoms with Gasteiger partial charge in [0.2, 0.25) is 0 Å². The third-order valence-electron chi connectivity index (χ3n) is 4.29. The highest BCUT2D eigenvalue weighted by Gasteiger charge is 2.18. The summed E-state index contributed by atoms with van der Waals surface area (Å²) in [6.45, 7) is 2.59. The lowest BCUT2D eigenvalue weighted by Crippen LogP contribution is -2.37. The molecule has 1 fully saturated rings. The molecule has 1 aliphatic rings. The van der Waals surface area contributed by atoms with Gasteiger partial charge in [-0.1, -0.05) is 12.5 Å². The molecular formula is C17H28N2O2. The first-order valence-corrected chi connectivity index (χ1v) is 7.94. The zero-order valence-corrected chi connectivity index (χ0v) is 13.3. The summed E-state index contributed by atoms with van der Waals surface area (Å²) < 4.78 is 11.3. The first kappa shape index (κ1) is 16.1. The van der Waals surface area contributed by atoms with Gasteiger partial charge in [0.25, 0.3) is 0 Å². The van der Waals surface area contributed by atoms with Crippen LogP contribution < -0.4 is 15.2 Å². The molecule has 2 rings (SSSR count). The number of benzene rings is 1.